The van der Waals surface area contributed by atoms with E-state index in [2.05, 4.69) is 47.8 Å². The SMILES string of the molecule is Fc1cc(Br)c(Br)c(F)c1CBr. The largest absolute Gasteiger partial charge is 0.207 e. The Morgan fingerprint density at radius 3 is 2.33 bits per heavy atom. The Labute approximate surface area is 93.7 Å². The van der Waals surface area contributed by atoms with E-state index in [1.807, 2.05) is 0 Å². The normalized spacial score (nSPS) is 10.4. The number of hydrogen-bond acceptors (Lipinski definition) is 0. The van der Waals surface area contributed by atoms with Gasteiger partial charge < -0.3 is 0 Å². The maximum atomic E-state index is 13.2. The number of halogens is 5. The molecule has 1 rings (SSSR count). The summed E-state index contributed by atoms with van der Waals surface area (Å²) >= 11 is 9.02. The molecular weight excluding hydrogens is 362 g/mol. The zero-order valence-electron chi connectivity index (χ0n) is 5.67. The Kier molecular flexibility index (Phi) is 3.67. The van der Waals surface area contributed by atoms with Crippen molar-refractivity contribution in [1.82, 2.24) is 0 Å². The van der Waals surface area contributed by atoms with Crippen LogP contribution < -0.4 is 0 Å². The second-order valence-electron chi connectivity index (χ2n) is 2.08. The third-order valence-electron chi connectivity index (χ3n) is 1.34. The number of benzene rings is 1. The molecule has 0 atom stereocenters. The summed E-state index contributed by atoms with van der Waals surface area (Å²) in [5.41, 5.74) is 0.0325. The molecule has 12 heavy (non-hydrogen) atoms. The van der Waals surface area contributed by atoms with Crippen LogP contribution in [0.3, 0.4) is 0 Å². The quantitative estimate of drug-likeness (QED) is 0.394. The van der Waals surface area contributed by atoms with E-state index in [0.717, 1.165) is 0 Å². The predicted molar refractivity (Wildman–Crippen MR) is 54.4 cm³/mol. The van der Waals surface area contributed by atoms with E-state index in [9.17, 15) is 8.78 Å². The van der Waals surface area contributed by atoms with Gasteiger partial charge in [-0.25, -0.2) is 8.78 Å². The van der Waals surface area contributed by atoms with Gasteiger partial charge >= 0.3 is 0 Å². The summed E-state index contributed by atoms with van der Waals surface area (Å²) in [7, 11) is 0. The van der Waals surface area contributed by atoms with Gasteiger partial charge in [0.1, 0.15) is 11.6 Å². The molecule has 0 aromatic heterocycles. The van der Waals surface area contributed by atoms with Gasteiger partial charge in [-0.05, 0) is 37.9 Å². The molecule has 0 aliphatic heterocycles. The lowest BCUT2D eigenvalue weighted by Gasteiger charge is -2.04. The zero-order chi connectivity index (χ0) is 9.30. The van der Waals surface area contributed by atoms with Crippen LogP contribution in [0.25, 0.3) is 0 Å². The Morgan fingerprint density at radius 2 is 1.83 bits per heavy atom. The molecule has 1 aromatic carbocycles. The monoisotopic (exact) mass is 362 g/mol. The molecule has 0 heterocycles. The van der Waals surface area contributed by atoms with Crippen molar-refractivity contribution in [3.05, 3.63) is 32.2 Å². The van der Waals surface area contributed by atoms with E-state index in [0.29, 0.717) is 4.47 Å². The molecule has 0 fully saturated rings. The molecule has 0 saturated heterocycles. The first-order valence-corrected chi connectivity index (χ1v) is 5.66. The topological polar surface area (TPSA) is 0 Å². The van der Waals surface area contributed by atoms with Crippen molar-refractivity contribution in [2.75, 3.05) is 0 Å². The summed E-state index contributed by atoms with van der Waals surface area (Å²) in [5.74, 6) is -1.13. The fourth-order valence-electron chi connectivity index (χ4n) is 0.726. The molecule has 0 saturated carbocycles. The van der Waals surface area contributed by atoms with Gasteiger partial charge in [-0.2, -0.15) is 0 Å². The maximum absolute atomic E-state index is 13.2. The van der Waals surface area contributed by atoms with E-state index in [4.69, 9.17) is 0 Å². The van der Waals surface area contributed by atoms with Crippen molar-refractivity contribution in [3.63, 3.8) is 0 Å². The third kappa shape index (κ3) is 1.88. The number of rotatable bonds is 1. The lowest BCUT2D eigenvalue weighted by molar-refractivity contribution is 0.561. The fourth-order valence-corrected chi connectivity index (χ4v) is 1.97. The standard InChI is InChI=1S/C7H3Br3F2/c8-2-3-5(11)1-4(9)6(10)7(3)12/h1H,2H2. The number of alkyl halides is 1. The van der Waals surface area contributed by atoms with Crippen molar-refractivity contribution in [2.45, 2.75) is 5.33 Å². The Hall–Kier alpha value is 0.520. The van der Waals surface area contributed by atoms with Crippen molar-refractivity contribution in [2.24, 2.45) is 0 Å². The molecule has 0 radical (unpaired) electrons. The molecule has 66 valence electrons. The lowest BCUT2D eigenvalue weighted by atomic mass is 10.2. The van der Waals surface area contributed by atoms with Gasteiger partial charge in [-0.1, -0.05) is 15.9 Å². The molecule has 1 aromatic rings. The van der Waals surface area contributed by atoms with Gasteiger partial charge in [0.25, 0.3) is 0 Å². The lowest BCUT2D eigenvalue weighted by Crippen LogP contribution is -1.94. The summed E-state index contributed by atoms with van der Waals surface area (Å²) in [6.07, 6.45) is 0. The van der Waals surface area contributed by atoms with Crippen LogP contribution >= 0.6 is 47.8 Å². The summed E-state index contributed by atoms with van der Waals surface area (Å²) in [6.45, 7) is 0. The Bertz CT molecular complexity index is 312. The molecule has 0 aliphatic carbocycles. The van der Waals surface area contributed by atoms with E-state index in [1.165, 1.54) is 6.07 Å². The van der Waals surface area contributed by atoms with Gasteiger partial charge in [0.05, 0.1) is 4.47 Å². The fraction of sp³-hybridized carbons (Fsp3) is 0.143. The first-order valence-electron chi connectivity index (χ1n) is 2.95. The van der Waals surface area contributed by atoms with Gasteiger partial charge in [0.15, 0.2) is 0 Å². The first kappa shape index (κ1) is 10.6. The average molecular weight is 365 g/mol. The van der Waals surface area contributed by atoms with Crippen LogP contribution in [0.4, 0.5) is 8.78 Å². The predicted octanol–water partition coefficient (Wildman–Crippen LogP) is 4.38. The molecule has 0 N–H and O–H groups in total. The Morgan fingerprint density at radius 1 is 1.25 bits per heavy atom. The molecule has 5 heteroatoms. The van der Waals surface area contributed by atoms with Crippen LogP contribution in [0.2, 0.25) is 0 Å². The molecule has 0 bridgehead atoms. The summed E-state index contributed by atoms with van der Waals surface area (Å²) in [6, 6.07) is 1.23. The highest BCUT2D eigenvalue weighted by atomic mass is 79.9. The third-order valence-corrected chi connectivity index (χ3v) is 3.84. The maximum Gasteiger partial charge on any atom is 0.145 e. The molecule has 0 unspecified atom stereocenters. The van der Waals surface area contributed by atoms with Crippen LogP contribution in [0.1, 0.15) is 5.56 Å². The number of hydrogen-bond donors (Lipinski definition) is 0. The van der Waals surface area contributed by atoms with Crippen LogP contribution in [-0.2, 0) is 5.33 Å². The van der Waals surface area contributed by atoms with Crippen molar-refractivity contribution < 1.29 is 8.78 Å². The van der Waals surface area contributed by atoms with Gasteiger partial charge in [-0.15, -0.1) is 0 Å². The van der Waals surface area contributed by atoms with Gasteiger partial charge in [0, 0.05) is 15.4 Å². The molecule has 0 spiro atoms. The highest BCUT2D eigenvalue weighted by Gasteiger charge is 2.14. The van der Waals surface area contributed by atoms with Crippen molar-refractivity contribution >= 4 is 47.8 Å². The van der Waals surface area contributed by atoms with E-state index < -0.39 is 11.6 Å². The minimum Gasteiger partial charge on any atom is -0.207 e. The Balaban J connectivity index is 3.40. The highest BCUT2D eigenvalue weighted by molar-refractivity contribution is 9.13. The second kappa shape index (κ2) is 4.15. The van der Waals surface area contributed by atoms with Crippen LogP contribution in [0.15, 0.2) is 15.0 Å². The molecule has 0 amide bonds. The average Bonchev–Trinajstić information content (AvgIpc) is 2.01. The zero-order valence-corrected chi connectivity index (χ0v) is 10.4. The van der Waals surface area contributed by atoms with Crippen molar-refractivity contribution in [3.8, 4) is 0 Å². The molecule has 0 aliphatic rings. The van der Waals surface area contributed by atoms with Crippen LogP contribution in [-0.4, -0.2) is 0 Å². The minimum atomic E-state index is -0.571. The summed E-state index contributed by atoms with van der Waals surface area (Å²) < 4.78 is 26.8. The summed E-state index contributed by atoms with van der Waals surface area (Å²) in [4.78, 5) is 0. The molecule has 0 nitrogen and oxygen atoms in total. The van der Waals surface area contributed by atoms with E-state index in [-0.39, 0.29) is 15.4 Å². The van der Waals surface area contributed by atoms with Crippen molar-refractivity contribution in [1.29, 1.82) is 0 Å². The second-order valence-corrected chi connectivity index (χ2v) is 4.29. The molecular formula is C7H3Br3F2. The minimum absolute atomic E-state index is 0.0325. The first-order chi connectivity index (χ1) is 5.57. The van der Waals surface area contributed by atoms with Gasteiger partial charge in [0.2, 0.25) is 0 Å². The highest BCUT2D eigenvalue weighted by Crippen LogP contribution is 2.30. The smallest absolute Gasteiger partial charge is 0.145 e. The van der Waals surface area contributed by atoms with E-state index >= 15 is 0 Å². The van der Waals surface area contributed by atoms with Gasteiger partial charge in [-0.3, -0.25) is 0 Å². The summed E-state index contributed by atoms with van der Waals surface area (Å²) in [5, 5.41) is 0.163. The van der Waals surface area contributed by atoms with Crippen LogP contribution in [0.5, 0.6) is 0 Å². The van der Waals surface area contributed by atoms with Crippen LogP contribution in [0, 0.1) is 11.6 Å². The van der Waals surface area contributed by atoms with E-state index in [1.54, 1.807) is 0 Å².